The molecule has 6 nitrogen and oxygen atoms in total. The molecule has 0 saturated carbocycles. The first-order valence-corrected chi connectivity index (χ1v) is 9.28. The zero-order chi connectivity index (χ0) is 17.1. The first kappa shape index (κ1) is 16.3. The summed E-state index contributed by atoms with van der Waals surface area (Å²) in [5.41, 5.74) is 2.05. The Balaban J connectivity index is 1.44. The minimum atomic E-state index is 0.123. The van der Waals surface area contributed by atoms with Crippen molar-refractivity contribution in [1.29, 1.82) is 0 Å². The third-order valence-corrected chi connectivity index (χ3v) is 5.25. The molecule has 132 valence electrons. The fraction of sp³-hybridized carbons (Fsp3) is 0.526. The number of pyridine rings is 1. The molecule has 1 aliphatic carbocycles. The second-order valence-electron chi connectivity index (χ2n) is 6.95. The molecule has 2 atom stereocenters. The maximum atomic E-state index is 12.3. The normalized spacial score (nSPS) is 23.2. The van der Waals surface area contributed by atoms with Crippen LogP contribution in [-0.4, -0.2) is 40.3 Å². The fourth-order valence-electron chi connectivity index (χ4n) is 3.84. The van der Waals surface area contributed by atoms with Crippen LogP contribution < -0.4 is 10.6 Å². The highest BCUT2D eigenvalue weighted by Crippen LogP contribution is 2.27. The van der Waals surface area contributed by atoms with E-state index in [1.807, 2.05) is 16.9 Å². The summed E-state index contributed by atoms with van der Waals surface area (Å²) in [4.78, 5) is 16.8. The zero-order valence-electron chi connectivity index (χ0n) is 14.4. The van der Waals surface area contributed by atoms with Crippen LogP contribution in [0, 0.1) is 5.92 Å². The summed E-state index contributed by atoms with van der Waals surface area (Å²) < 4.78 is 1.95. The van der Waals surface area contributed by atoms with Crippen LogP contribution in [0.4, 0.5) is 0 Å². The van der Waals surface area contributed by atoms with Gasteiger partial charge in [-0.1, -0.05) is 12.2 Å². The average Bonchev–Trinajstić information content (AvgIpc) is 3.30. The Morgan fingerprint density at radius 2 is 2.32 bits per heavy atom. The lowest BCUT2D eigenvalue weighted by Gasteiger charge is -2.17. The lowest BCUT2D eigenvalue weighted by molar-refractivity contribution is -0.125. The monoisotopic (exact) mass is 339 g/mol. The van der Waals surface area contributed by atoms with Crippen LogP contribution in [0.2, 0.25) is 0 Å². The Labute approximate surface area is 147 Å². The van der Waals surface area contributed by atoms with Crippen molar-refractivity contribution < 1.29 is 4.79 Å². The van der Waals surface area contributed by atoms with Gasteiger partial charge in [-0.3, -0.25) is 4.79 Å². The molecule has 2 aromatic rings. The van der Waals surface area contributed by atoms with E-state index in [4.69, 9.17) is 5.10 Å². The van der Waals surface area contributed by atoms with E-state index in [-0.39, 0.29) is 11.8 Å². The van der Waals surface area contributed by atoms with Crippen molar-refractivity contribution >= 4 is 16.9 Å². The maximum absolute atomic E-state index is 12.3. The van der Waals surface area contributed by atoms with E-state index in [2.05, 4.69) is 33.8 Å². The van der Waals surface area contributed by atoms with Crippen molar-refractivity contribution in [3.05, 3.63) is 36.2 Å². The van der Waals surface area contributed by atoms with Crippen LogP contribution in [0.15, 0.2) is 30.5 Å². The fourth-order valence-corrected chi connectivity index (χ4v) is 3.84. The number of amides is 1. The van der Waals surface area contributed by atoms with Crippen molar-refractivity contribution in [2.45, 2.75) is 38.1 Å². The van der Waals surface area contributed by atoms with Crippen LogP contribution >= 0.6 is 0 Å². The third kappa shape index (κ3) is 3.44. The van der Waals surface area contributed by atoms with Gasteiger partial charge in [-0.25, -0.2) is 9.67 Å². The highest BCUT2D eigenvalue weighted by Gasteiger charge is 2.23. The molecular formula is C19H25N5O. The molecule has 0 aromatic carbocycles. The van der Waals surface area contributed by atoms with Gasteiger partial charge in [0.15, 0.2) is 5.65 Å². The highest BCUT2D eigenvalue weighted by molar-refractivity contribution is 5.79. The molecule has 6 heteroatoms. The largest absolute Gasteiger partial charge is 0.354 e. The Hall–Kier alpha value is -2.21. The minimum Gasteiger partial charge on any atom is -0.354 e. The third-order valence-electron chi connectivity index (χ3n) is 5.25. The predicted molar refractivity (Wildman–Crippen MR) is 97.2 cm³/mol. The molecule has 0 radical (unpaired) electrons. The van der Waals surface area contributed by atoms with E-state index in [9.17, 15) is 4.79 Å². The van der Waals surface area contributed by atoms with Gasteiger partial charge >= 0.3 is 0 Å². The van der Waals surface area contributed by atoms with Gasteiger partial charge in [0.2, 0.25) is 5.91 Å². The standard InChI is InChI=1S/C19H25N5O/c25-19(14-5-2-1-3-6-14)22-11-12-24-18-16(7-4-9-21-18)17(23-24)15-8-10-20-13-15/h1-2,4,7,9,14-15,20H,3,5-6,8,10-13H2,(H,22,25). The second kappa shape index (κ2) is 7.35. The molecule has 2 unspecified atom stereocenters. The SMILES string of the molecule is O=C(NCCn1nc(C2CCNC2)c2cccnc21)C1CC=CCC1. The van der Waals surface area contributed by atoms with Gasteiger partial charge in [0.1, 0.15) is 0 Å². The molecule has 1 amide bonds. The van der Waals surface area contributed by atoms with E-state index in [1.54, 1.807) is 0 Å². The van der Waals surface area contributed by atoms with Crippen LogP contribution in [-0.2, 0) is 11.3 Å². The molecule has 2 aromatic heterocycles. The van der Waals surface area contributed by atoms with E-state index in [1.165, 1.54) is 0 Å². The van der Waals surface area contributed by atoms with Gasteiger partial charge in [-0.15, -0.1) is 0 Å². The quantitative estimate of drug-likeness (QED) is 0.817. The van der Waals surface area contributed by atoms with Crippen LogP contribution in [0.1, 0.15) is 37.3 Å². The first-order chi connectivity index (χ1) is 12.3. The number of carbonyl (C=O) groups is 1. The number of aromatic nitrogens is 3. The van der Waals surface area contributed by atoms with Gasteiger partial charge in [0.25, 0.3) is 0 Å². The highest BCUT2D eigenvalue weighted by atomic mass is 16.1. The molecular weight excluding hydrogens is 314 g/mol. The molecule has 25 heavy (non-hydrogen) atoms. The van der Waals surface area contributed by atoms with E-state index >= 15 is 0 Å². The molecule has 3 heterocycles. The lowest BCUT2D eigenvalue weighted by atomic mass is 9.94. The van der Waals surface area contributed by atoms with Crippen LogP contribution in [0.3, 0.4) is 0 Å². The van der Waals surface area contributed by atoms with Gasteiger partial charge in [-0.05, 0) is 44.4 Å². The summed E-state index contributed by atoms with van der Waals surface area (Å²) >= 11 is 0. The van der Waals surface area contributed by atoms with Gasteiger partial charge in [-0.2, -0.15) is 5.10 Å². The Morgan fingerprint density at radius 3 is 3.12 bits per heavy atom. The first-order valence-electron chi connectivity index (χ1n) is 9.28. The number of nitrogens with zero attached hydrogens (tertiary/aromatic N) is 3. The number of hydrogen-bond donors (Lipinski definition) is 2. The molecule has 2 aliphatic rings. The summed E-state index contributed by atoms with van der Waals surface area (Å²) in [5.74, 6) is 0.739. The number of nitrogens with one attached hydrogen (secondary N) is 2. The predicted octanol–water partition coefficient (Wildman–Crippen LogP) is 1.98. The van der Waals surface area contributed by atoms with Crippen molar-refractivity contribution in [1.82, 2.24) is 25.4 Å². The summed E-state index contributed by atoms with van der Waals surface area (Å²) in [5, 5.41) is 12.4. The molecule has 0 spiro atoms. The number of rotatable bonds is 5. The maximum Gasteiger partial charge on any atom is 0.223 e. The molecule has 4 rings (SSSR count). The summed E-state index contributed by atoms with van der Waals surface area (Å²) in [6.07, 6.45) is 10.0. The topological polar surface area (TPSA) is 71.8 Å². The van der Waals surface area contributed by atoms with Crippen molar-refractivity contribution in [2.75, 3.05) is 19.6 Å². The van der Waals surface area contributed by atoms with E-state index in [0.717, 1.165) is 55.5 Å². The van der Waals surface area contributed by atoms with E-state index < -0.39 is 0 Å². The minimum absolute atomic E-state index is 0.123. The zero-order valence-corrected chi connectivity index (χ0v) is 14.4. The average molecular weight is 339 g/mol. The van der Waals surface area contributed by atoms with Crippen molar-refractivity contribution in [3.8, 4) is 0 Å². The van der Waals surface area contributed by atoms with Gasteiger partial charge in [0.05, 0.1) is 12.2 Å². The summed E-state index contributed by atoms with van der Waals surface area (Å²) in [6, 6.07) is 4.07. The molecule has 0 bridgehead atoms. The second-order valence-corrected chi connectivity index (χ2v) is 6.95. The smallest absolute Gasteiger partial charge is 0.223 e. The number of carbonyl (C=O) groups excluding carboxylic acids is 1. The summed E-state index contributed by atoms with van der Waals surface area (Å²) in [7, 11) is 0. The van der Waals surface area contributed by atoms with E-state index in [0.29, 0.717) is 19.0 Å². The van der Waals surface area contributed by atoms with Gasteiger partial charge in [0, 0.05) is 36.5 Å². The Morgan fingerprint density at radius 1 is 1.36 bits per heavy atom. The number of fused-ring (bicyclic) bond motifs is 1. The van der Waals surface area contributed by atoms with Crippen LogP contribution in [0.25, 0.3) is 11.0 Å². The molecule has 1 fully saturated rings. The van der Waals surface area contributed by atoms with Gasteiger partial charge < -0.3 is 10.6 Å². The summed E-state index contributed by atoms with van der Waals surface area (Å²) in [6.45, 7) is 3.27. The lowest BCUT2D eigenvalue weighted by Crippen LogP contribution is -2.33. The molecule has 1 saturated heterocycles. The molecule has 2 N–H and O–H groups in total. The van der Waals surface area contributed by atoms with Crippen molar-refractivity contribution in [3.63, 3.8) is 0 Å². The van der Waals surface area contributed by atoms with Crippen LogP contribution in [0.5, 0.6) is 0 Å². The van der Waals surface area contributed by atoms with Crippen molar-refractivity contribution in [2.24, 2.45) is 5.92 Å². The number of hydrogen-bond acceptors (Lipinski definition) is 4. The molecule has 1 aliphatic heterocycles. The Bertz CT molecular complexity index is 775. The number of allylic oxidation sites excluding steroid dienone is 2. The Kier molecular flexibility index (Phi) is 4.78.